The van der Waals surface area contributed by atoms with E-state index in [-0.39, 0.29) is 42.5 Å². The molecule has 4 rings (SSSR count). The Morgan fingerprint density at radius 3 is 2.37 bits per heavy atom. The molecule has 6 heteroatoms. The van der Waals surface area contributed by atoms with Gasteiger partial charge in [-0.3, -0.25) is 19.3 Å². The molecule has 2 aliphatic carbocycles. The van der Waals surface area contributed by atoms with E-state index in [0.717, 1.165) is 37.2 Å². The minimum absolute atomic E-state index is 0.0746. The number of rotatable bonds is 6. The minimum Gasteiger partial charge on any atom is -0.464 e. The van der Waals surface area contributed by atoms with E-state index in [1.165, 1.54) is 11.3 Å². The van der Waals surface area contributed by atoms with Crippen molar-refractivity contribution < 1.29 is 18.8 Å². The molecule has 0 aromatic carbocycles. The Morgan fingerprint density at radius 2 is 1.78 bits per heavy atom. The first-order chi connectivity index (χ1) is 13.0. The van der Waals surface area contributed by atoms with Crippen LogP contribution in [0, 0.1) is 17.8 Å². The molecule has 27 heavy (non-hydrogen) atoms. The van der Waals surface area contributed by atoms with Crippen molar-refractivity contribution in [2.75, 3.05) is 13.6 Å². The second kappa shape index (κ2) is 7.13. The maximum absolute atomic E-state index is 12.5. The van der Waals surface area contributed by atoms with E-state index >= 15 is 0 Å². The number of carbonyl (C=O) groups excluding carboxylic acids is 3. The van der Waals surface area contributed by atoms with Crippen molar-refractivity contribution in [1.82, 2.24) is 9.80 Å². The highest BCUT2D eigenvalue weighted by molar-refractivity contribution is 6.05. The number of likely N-dealkylation sites (tertiary alicyclic amines) is 1. The molecular weight excluding hydrogens is 344 g/mol. The van der Waals surface area contributed by atoms with Crippen molar-refractivity contribution in [2.24, 2.45) is 17.8 Å². The van der Waals surface area contributed by atoms with Crippen molar-refractivity contribution in [2.45, 2.75) is 57.9 Å². The number of furan rings is 1. The lowest BCUT2D eigenvalue weighted by Gasteiger charge is -2.19. The standard InChI is InChI=1S/C21H28N2O4/c1-13-11-17(13)18-8-7-14(27-18)12-22(2)19(24)9-10-23-20(25)15-5-3-4-6-16(15)21(23)26/h7-8,13,15-17H,3-6,9-12H2,1-2H3/t13-,15-,16-,17+/m1/s1. The fraction of sp³-hybridized carbons (Fsp3) is 0.667. The molecule has 146 valence electrons. The van der Waals surface area contributed by atoms with Crippen LogP contribution >= 0.6 is 0 Å². The summed E-state index contributed by atoms with van der Waals surface area (Å²) in [6, 6.07) is 3.94. The molecule has 2 saturated carbocycles. The molecule has 1 aromatic heterocycles. The summed E-state index contributed by atoms with van der Waals surface area (Å²) in [6.07, 6.45) is 4.98. The van der Waals surface area contributed by atoms with Crippen LogP contribution in [0.2, 0.25) is 0 Å². The summed E-state index contributed by atoms with van der Waals surface area (Å²) in [7, 11) is 1.73. The lowest BCUT2D eigenvalue weighted by molar-refractivity contribution is -0.140. The molecule has 0 unspecified atom stereocenters. The highest BCUT2D eigenvalue weighted by Gasteiger charge is 2.47. The Hall–Kier alpha value is -2.11. The summed E-state index contributed by atoms with van der Waals surface area (Å²) in [5.41, 5.74) is 0. The van der Waals surface area contributed by atoms with Gasteiger partial charge >= 0.3 is 0 Å². The van der Waals surface area contributed by atoms with Gasteiger partial charge < -0.3 is 9.32 Å². The van der Waals surface area contributed by atoms with Gasteiger partial charge in [0.2, 0.25) is 17.7 Å². The van der Waals surface area contributed by atoms with Gasteiger partial charge in [0.15, 0.2) is 0 Å². The van der Waals surface area contributed by atoms with Crippen molar-refractivity contribution >= 4 is 17.7 Å². The Morgan fingerprint density at radius 1 is 1.15 bits per heavy atom. The first-order valence-electron chi connectivity index (χ1n) is 10.1. The first-order valence-corrected chi connectivity index (χ1v) is 10.1. The molecule has 3 aliphatic rings. The van der Waals surface area contributed by atoms with Crippen LogP contribution in [-0.4, -0.2) is 41.1 Å². The van der Waals surface area contributed by atoms with Crippen molar-refractivity contribution in [3.05, 3.63) is 23.7 Å². The average molecular weight is 372 g/mol. The van der Waals surface area contributed by atoms with E-state index < -0.39 is 0 Å². The molecular formula is C21H28N2O4. The van der Waals surface area contributed by atoms with Gasteiger partial charge in [-0.25, -0.2) is 0 Å². The molecule has 3 amide bonds. The molecule has 0 N–H and O–H groups in total. The maximum atomic E-state index is 12.5. The average Bonchev–Trinajstić information content (AvgIpc) is 3.12. The van der Waals surface area contributed by atoms with Crippen LogP contribution in [0.3, 0.4) is 0 Å². The summed E-state index contributed by atoms with van der Waals surface area (Å²) in [5, 5.41) is 0. The zero-order valence-electron chi connectivity index (χ0n) is 16.1. The van der Waals surface area contributed by atoms with Crippen LogP contribution in [0.4, 0.5) is 0 Å². The molecule has 2 heterocycles. The zero-order chi connectivity index (χ0) is 19.1. The maximum Gasteiger partial charge on any atom is 0.233 e. The number of nitrogens with zero attached hydrogens (tertiary/aromatic N) is 2. The van der Waals surface area contributed by atoms with Gasteiger partial charge in [0, 0.05) is 25.9 Å². The minimum atomic E-state index is -0.148. The summed E-state index contributed by atoms with van der Waals surface area (Å²) in [6.45, 7) is 2.81. The van der Waals surface area contributed by atoms with Gasteiger partial charge in [-0.1, -0.05) is 19.8 Å². The number of fused-ring (bicyclic) bond motifs is 1. The number of carbonyl (C=O) groups is 3. The fourth-order valence-corrected chi connectivity index (χ4v) is 4.57. The number of hydrogen-bond acceptors (Lipinski definition) is 4. The SMILES string of the molecule is C[C@@H]1C[C@@H]1c1ccc(CN(C)C(=O)CCN2C(=O)[C@@H]3CCCC[C@H]3C2=O)o1. The molecule has 1 aliphatic heterocycles. The van der Waals surface area contributed by atoms with E-state index in [4.69, 9.17) is 4.42 Å². The van der Waals surface area contributed by atoms with E-state index in [0.29, 0.717) is 18.4 Å². The summed E-state index contributed by atoms with van der Waals surface area (Å²) in [5.74, 6) is 2.47. The van der Waals surface area contributed by atoms with Gasteiger partial charge in [-0.2, -0.15) is 0 Å². The molecule has 3 fully saturated rings. The summed E-state index contributed by atoms with van der Waals surface area (Å²) < 4.78 is 5.86. The molecule has 0 radical (unpaired) electrons. The normalized spacial score (nSPS) is 29.8. The van der Waals surface area contributed by atoms with E-state index in [9.17, 15) is 14.4 Å². The highest BCUT2D eigenvalue weighted by Crippen LogP contribution is 2.47. The highest BCUT2D eigenvalue weighted by atomic mass is 16.3. The van der Waals surface area contributed by atoms with Crippen LogP contribution in [0.5, 0.6) is 0 Å². The third-order valence-corrected chi connectivity index (χ3v) is 6.46. The van der Waals surface area contributed by atoms with Crippen LogP contribution in [0.25, 0.3) is 0 Å². The van der Waals surface area contributed by atoms with Crippen LogP contribution in [0.1, 0.15) is 62.9 Å². The number of imide groups is 1. The Bertz CT molecular complexity index is 731. The van der Waals surface area contributed by atoms with E-state index in [2.05, 4.69) is 6.92 Å². The van der Waals surface area contributed by atoms with Crippen molar-refractivity contribution in [3.8, 4) is 0 Å². The third-order valence-electron chi connectivity index (χ3n) is 6.46. The monoisotopic (exact) mass is 372 g/mol. The van der Waals surface area contributed by atoms with Crippen molar-refractivity contribution in [1.29, 1.82) is 0 Å². The Kier molecular flexibility index (Phi) is 4.82. The van der Waals surface area contributed by atoms with Gasteiger partial charge in [0.05, 0.1) is 18.4 Å². The van der Waals surface area contributed by atoms with Crippen LogP contribution in [0.15, 0.2) is 16.5 Å². The second-order valence-electron chi connectivity index (χ2n) is 8.45. The molecule has 6 nitrogen and oxygen atoms in total. The lowest BCUT2D eigenvalue weighted by Crippen LogP contribution is -2.36. The second-order valence-corrected chi connectivity index (χ2v) is 8.45. The third kappa shape index (κ3) is 3.54. The van der Waals surface area contributed by atoms with Gasteiger partial charge in [0.1, 0.15) is 11.5 Å². The summed E-state index contributed by atoms with van der Waals surface area (Å²) >= 11 is 0. The summed E-state index contributed by atoms with van der Waals surface area (Å²) in [4.78, 5) is 40.4. The largest absolute Gasteiger partial charge is 0.464 e. The van der Waals surface area contributed by atoms with Crippen molar-refractivity contribution in [3.63, 3.8) is 0 Å². The fourth-order valence-electron chi connectivity index (χ4n) is 4.57. The van der Waals surface area contributed by atoms with Gasteiger partial charge in [-0.05, 0) is 37.3 Å². The number of amides is 3. The van der Waals surface area contributed by atoms with Crippen LogP contribution in [-0.2, 0) is 20.9 Å². The predicted molar refractivity (Wildman–Crippen MR) is 98.5 cm³/mol. The smallest absolute Gasteiger partial charge is 0.233 e. The van der Waals surface area contributed by atoms with Gasteiger partial charge in [-0.15, -0.1) is 0 Å². The first kappa shape index (κ1) is 18.3. The quantitative estimate of drug-likeness (QED) is 0.720. The lowest BCUT2D eigenvalue weighted by atomic mass is 9.81. The topological polar surface area (TPSA) is 70.8 Å². The number of hydrogen-bond donors (Lipinski definition) is 0. The van der Waals surface area contributed by atoms with E-state index in [1.54, 1.807) is 11.9 Å². The molecule has 1 aromatic rings. The van der Waals surface area contributed by atoms with Crippen LogP contribution < -0.4 is 0 Å². The Labute approximate surface area is 159 Å². The Balaban J connectivity index is 1.29. The predicted octanol–water partition coefficient (Wildman–Crippen LogP) is 2.93. The van der Waals surface area contributed by atoms with Gasteiger partial charge in [0.25, 0.3) is 0 Å². The molecule has 0 bridgehead atoms. The molecule has 1 saturated heterocycles. The van der Waals surface area contributed by atoms with E-state index in [1.807, 2.05) is 12.1 Å². The molecule has 4 atom stereocenters. The zero-order valence-corrected chi connectivity index (χ0v) is 16.1. The molecule has 0 spiro atoms.